The first-order chi connectivity index (χ1) is 14.1. The summed E-state index contributed by atoms with van der Waals surface area (Å²) in [4.78, 5) is 17.1. The molecule has 146 valence electrons. The van der Waals surface area contributed by atoms with Crippen molar-refractivity contribution in [3.05, 3.63) is 89.3 Å². The molecule has 6 nitrogen and oxygen atoms in total. The molecule has 2 aromatic carbocycles. The van der Waals surface area contributed by atoms with Crippen LogP contribution in [-0.2, 0) is 6.61 Å². The van der Waals surface area contributed by atoms with Crippen molar-refractivity contribution in [2.24, 2.45) is 0 Å². The predicted octanol–water partition coefficient (Wildman–Crippen LogP) is 4.83. The smallest absolute Gasteiger partial charge is 0.255 e. The number of benzene rings is 2. The van der Waals surface area contributed by atoms with Crippen molar-refractivity contribution in [3.63, 3.8) is 0 Å². The number of ether oxygens (including phenoxy) is 2. The molecule has 0 fully saturated rings. The van der Waals surface area contributed by atoms with E-state index in [-0.39, 0.29) is 5.91 Å². The number of hydrogen-bond acceptors (Lipinski definition) is 4. The summed E-state index contributed by atoms with van der Waals surface area (Å²) in [5.74, 6) is 0.874. The van der Waals surface area contributed by atoms with Gasteiger partial charge in [-0.3, -0.25) is 4.79 Å². The summed E-state index contributed by atoms with van der Waals surface area (Å²) in [6, 6.07) is 17.9. The molecule has 29 heavy (non-hydrogen) atoms. The van der Waals surface area contributed by atoms with Crippen LogP contribution < -0.4 is 14.8 Å². The molecular weight excluding hydrogens is 390 g/mol. The number of nitrogens with zero attached hydrogens (tertiary/aromatic N) is 2. The number of rotatable bonds is 6. The summed E-state index contributed by atoms with van der Waals surface area (Å²) in [6.45, 7) is 0.306. The zero-order valence-electron chi connectivity index (χ0n) is 15.6. The van der Waals surface area contributed by atoms with Crippen LogP contribution >= 0.6 is 11.6 Å². The number of nitrogens with one attached hydrogen (secondary N) is 1. The van der Waals surface area contributed by atoms with Gasteiger partial charge in [0.05, 0.1) is 17.8 Å². The van der Waals surface area contributed by atoms with Crippen LogP contribution in [-0.4, -0.2) is 22.4 Å². The second-order valence-corrected chi connectivity index (χ2v) is 6.73. The molecule has 4 aromatic rings. The van der Waals surface area contributed by atoms with E-state index in [9.17, 15) is 4.79 Å². The Morgan fingerprint density at radius 2 is 2.03 bits per heavy atom. The molecule has 0 radical (unpaired) electrons. The number of carbonyl (C=O) groups excluding carboxylic acids is 1. The molecule has 0 aliphatic heterocycles. The van der Waals surface area contributed by atoms with Gasteiger partial charge in [0.1, 0.15) is 23.8 Å². The Balaban J connectivity index is 1.43. The lowest BCUT2D eigenvalue weighted by molar-refractivity contribution is 0.102. The molecule has 4 rings (SSSR count). The summed E-state index contributed by atoms with van der Waals surface area (Å²) >= 11 is 6.11. The molecule has 0 saturated heterocycles. The van der Waals surface area contributed by atoms with Gasteiger partial charge in [-0.05, 0) is 48.5 Å². The van der Waals surface area contributed by atoms with Gasteiger partial charge < -0.3 is 19.2 Å². The van der Waals surface area contributed by atoms with Crippen LogP contribution in [0.3, 0.4) is 0 Å². The number of aromatic nitrogens is 2. The normalized spacial score (nSPS) is 10.7. The van der Waals surface area contributed by atoms with Crippen LogP contribution in [0.1, 0.15) is 16.1 Å². The van der Waals surface area contributed by atoms with Gasteiger partial charge in [-0.2, -0.15) is 0 Å². The highest BCUT2D eigenvalue weighted by Gasteiger charge is 2.10. The number of hydrogen-bond donors (Lipinski definition) is 1. The van der Waals surface area contributed by atoms with Crippen LogP contribution in [0.5, 0.6) is 11.5 Å². The molecule has 1 amide bonds. The maximum Gasteiger partial charge on any atom is 0.255 e. The Morgan fingerprint density at radius 1 is 1.14 bits per heavy atom. The first-order valence-electron chi connectivity index (χ1n) is 8.93. The number of halogens is 1. The first-order valence-corrected chi connectivity index (χ1v) is 9.30. The third-order valence-corrected chi connectivity index (χ3v) is 4.60. The van der Waals surface area contributed by atoms with E-state index < -0.39 is 0 Å². The van der Waals surface area contributed by atoms with Crippen molar-refractivity contribution < 1.29 is 14.3 Å². The fraction of sp³-hybridized carbons (Fsp3) is 0.0909. The summed E-state index contributed by atoms with van der Waals surface area (Å²) in [5.41, 5.74) is 2.72. The standard InChI is InChI=1S/C22H18ClN3O3/c1-28-20-9-8-16(12-19(20)23)25-22(27)15-5-4-6-18(11-15)29-14-17-13-26-10-3-2-7-21(26)24-17/h2-13H,14H2,1H3,(H,25,27). The lowest BCUT2D eigenvalue weighted by Crippen LogP contribution is -2.12. The lowest BCUT2D eigenvalue weighted by atomic mass is 10.2. The van der Waals surface area contributed by atoms with Crippen LogP contribution in [0.15, 0.2) is 73.1 Å². The van der Waals surface area contributed by atoms with Gasteiger partial charge in [0, 0.05) is 23.6 Å². The van der Waals surface area contributed by atoms with Gasteiger partial charge in [-0.1, -0.05) is 23.7 Å². The highest BCUT2D eigenvalue weighted by atomic mass is 35.5. The molecule has 0 saturated carbocycles. The van der Waals surface area contributed by atoms with Crippen LogP contribution in [0, 0.1) is 0 Å². The zero-order chi connectivity index (χ0) is 20.2. The van der Waals surface area contributed by atoms with E-state index in [0.29, 0.717) is 34.4 Å². The summed E-state index contributed by atoms with van der Waals surface area (Å²) in [6.07, 6.45) is 3.85. The number of fused-ring (bicyclic) bond motifs is 1. The van der Waals surface area contributed by atoms with Crippen molar-refractivity contribution in [3.8, 4) is 11.5 Å². The fourth-order valence-electron chi connectivity index (χ4n) is 2.89. The first kappa shape index (κ1) is 18.8. The molecule has 0 spiro atoms. The number of anilines is 1. The number of amides is 1. The number of carbonyl (C=O) groups is 1. The van der Waals surface area contributed by atoms with E-state index in [1.807, 2.05) is 35.0 Å². The zero-order valence-corrected chi connectivity index (χ0v) is 16.4. The van der Waals surface area contributed by atoms with Gasteiger partial charge in [-0.25, -0.2) is 4.98 Å². The van der Waals surface area contributed by atoms with Gasteiger partial charge >= 0.3 is 0 Å². The molecule has 1 N–H and O–H groups in total. The SMILES string of the molecule is COc1ccc(NC(=O)c2cccc(OCc3cn4ccccc4n3)c2)cc1Cl. The molecule has 0 aliphatic carbocycles. The number of pyridine rings is 1. The highest BCUT2D eigenvalue weighted by molar-refractivity contribution is 6.32. The van der Waals surface area contributed by atoms with Crippen LogP contribution in [0.2, 0.25) is 5.02 Å². The molecule has 2 aromatic heterocycles. The Morgan fingerprint density at radius 3 is 2.83 bits per heavy atom. The monoisotopic (exact) mass is 407 g/mol. The van der Waals surface area contributed by atoms with Gasteiger partial charge in [0.15, 0.2) is 0 Å². The molecule has 7 heteroatoms. The van der Waals surface area contributed by atoms with Gasteiger partial charge in [-0.15, -0.1) is 0 Å². The Kier molecular flexibility index (Phi) is 5.35. The largest absolute Gasteiger partial charge is 0.495 e. The summed E-state index contributed by atoms with van der Waals surface area (Å²) in [7, 11) is 1.54. The summed E-state index contributed by atoms with van der Waals surface area (Å²) < 4.78 is 12.9. The predicted molar refractivity (Wildman–Crippen MR) is 112 cm³/mol. The Hall–Kier alpha value is -3.51. The maximum atomic E-state index is 12.6. The third-order valence-electron chi connectivity index (χ3n) is 4.31. The van der Waals surface area contributed by atoms with Crippen molar-refractivity contribution in [2.45, 2.75) is 6.61 Å². The Bertz CT molecular complexity index is 1140. The second-order valence-electron chi connectivity index (χ2n) is 6.32. The van der Waals surface area contributed by atoms with Crippen LogP contribution in [0.25, 0.3) is 5.65 Å². The van der Waals surface area contributed by atoms with E-state index in [1.165, 1.54) is 7.11 Å². The minimum absolute atomic E-state index is 0.260. The molecule has 0 atom stereocenters. The van der Waals surface area contributed by atoms with Crippen molar-refractivity contribution in [1.29, 1.82) is 0 Å². The average molecular weight is 408 g/mol. The average Bonchev–Trinajstić information content (AvgIpc) is 3.16. The van der Waals surface area contributed by atoms with Crippen molar-refractivity contribution in [2.75, 3.05) is 12.4 Å². The minimum atomic E-state index is -0.260. The van der Waals surface area contributed by atoms with Gasteiger partial charge in [0.2, 0.25) is 0 Å². The quantitative estimate of drug-likeness (QED) is 0.497. The Labute approximate surface area is 172 Å². The second kappa shape index (κ2) is 8.24. The van der Waals surface area contributed by atoms with Crippen molar-refractivity contribution in [1.82, 2.24) is 9.38 Å². The molecular formula is C22H18ClN3O3. The summed E-state index contributed by atoms with van der Waals surface area (Å²) in [5, 5.41) is 3.24. The third kappa shape index (κ3) is 4.33. The van der Waals surface area contributed by atoms with E-state index in [4.69, 9.17) is 21.1 Å². The van der Waals surface area contributed by atoms with Crippen molar-refractivity contribution >= 4 is 28.8 Å². The molecule has 0 bridgehead atoms. The minimum Gasteiger partial charge on any atom is -0.495 e. The molecule has 2 heterocycles. The molecule has 0 unspecified atom stereocenters. The fourth-order valence-corrected chi connectivity index (χ4v) is 3.15. The van der Waals surface area contributed by atoms with E-state index in [2.05, 4.69) is 10.3 Å². The van der Waals surface area contributed by atoms with E-state index in [1.54, 1.807) is 42.5 Å². The van der Waals surface area contributed by atoms with E-state index in [0.717, 1.165) is 11.3 Å². The number of imidazole rings is 1. The van der Waals surface area contributed by atoms with Crippen LogP contribution in [0.4, 0.5) is 5.69 Å². The van der Waals surface area contributed by atoms with Gasteiger partial charge in [0.25, 0.3) is 5.91 Å². The topological polar surface area (TPSA) is 64.9 Å². The maximum absolute atomic E-state index is 12.6. The lowest BCUT2D eigenvalue weighted by Gasteiger charge is -2.09. The number of methoxy groups -OCH3 is 1. The van der Waals surface area contributed by atoms with E-state index >= 15 is 0 Å². The highest BCUT2D eigenvalue weighted by Crippen LogP contribution is 2.27. The molecule has 0 aliphatic rings.